The van der Waals surface area contributed by atoms with Gasteiger partial charge in [0.1, 0.15) is 34.6 Å². The Morgan fingerprint density at radius 1 is 1.03 bits per heavy atom. The molecule has 1 fully saturated rings. The van der Waals surface area contributed by atoms with Gasteiger partial charge in [-0.05, 0) is 86.4 Å². The molecule has 0 spiro atoms. The summed E-state index contributed by atoms with van der Waals surface area (Å²) >= 11 is 0. The van der Waals surface area contributed by atoms with Crippen molar-refractivity contribution >= 4 is 11.6 Å². The summed E-state index contributed by atoms with van der Waals surface area (Å²) in [6.07, 6.45) is 5.83. The summed E-state index contributed by atoms with van der Waals surface area (Å²) in [5.74, 6) is -2.74. The van der Waals surface area contributed by atoms with Crippen molar-refractivity contribution in [3.05, 3.63) is 82.9 Å². The Kier molecular flexibility index (Phi) is 7.22. The summed E-state index contributed by atoms with van der Waals surface area (Å²) in [6.45, 7) is 5.42. The highest BCUT2D eigenvalue weighted by Crippen LogP contribution is 2.39. The van der Waals surface area contributed by atoms with Crippen molar-refractivity contribution in [3.8, 4) is 22.4 Å². The monoisotopic (exact) mass is 535 g/mol. The number of aryl methyl sites for hydroxylation is 2. The maximum absolute atomic E-state index is 15.2. The van der Waals surface area contributed by atoms with Gasteiger partial charge in [0.2, 0.25) is 0 Å². The average molecular weight is 536 g/mol. The molecule has 4 aromatic rings. The van der Waals surface area contributed by atoms with E-state index in [1.165, 1.54) is 6.20 Å². The summed E-state index contributed by atoms with van der Waals surface area (Å²) in [6, 6.07) is 6.17. The lowest BCUT2D eigenvalue weighted by Gasteiger charge is -2.32. The molecule has 1 aliphatic carbocycles. The molecule has 3 aromatic heterocycles. The number of amides is 1. The van der Waals surface area contributed by atoms with E-state index in [9.17, 15) is 9.18 Å². The molecule has 0 saturated heterocycles. The molecule has 7 nitrogen and oxygen atoms in total. The van der Waals surface area contributed by atoms with Crippen LogP contribution in [0.25, 0.3) is 22.4 Å². The first-order chi connectivity index (χ1) is 18.6. The molecule has 3 N–H and O–H groups in total. The number of hydrogen-bond donors (Lipinski definition) is 2. The predicted octanol–water partition coefficient (Wildman–Crippen LogP) is 6.32. The molecule has 3 heterocycles. The number of carbonyl (C=O) groups is 1. The van der Waals surface area contributed by atoms with Crippen molar-refractivity contribution in [3.63, 3.8) is 0 Å². The average Bonchev–Trinajstić information content (AvgIpc) is 3.22. The van der Waals surface area contributed by atoms with Gasteiger partial charge in [-0.15, -0.1) is 0 Å². The number of hydrogen-bond acceptors (Lipinski definition) is 6. The standard InChI is InChI=1S/C29H28F3N5O2/c1-14-8-17(10-19(33)9-14)20-6-7-34-13-25(20)36-29(38)24-5-4-21(30)28(35-24)27-22(31)11-18(12-23(27)32)26-15(2)37-39-16(26)3/h4-7,11-14,17,19H,8-10,33H2,1-3H3,(H,36,38)/t14-,17+,19+/m0/s1. The predicted molar refractivity (Wildman–Crippen MR) is 140 cm³/mol. The van der Waals surface area contributed by atoms with Crippen molar-refractivity contribution in [2.45, 2.75) is 52.0 Å². The van der Waals surface area contributed by atoms with Crippen LogP contribution in [0.2, 0.25) is 0 Å². The van der Waals surface area contributed by atoms with Crippen molar-refractivity contribution in [1.82, 2.24) is 15.1 Å². The highest BCUT2D eigenvalue weighted by Gasteiger charge is 2.28. The molecule has 39 heavy (non-hydrogen) atoms. The minimum atomic E-state index is -1.04. The van der Waals surface area contributed by atoms with Crippen molar-refractivity contribution in [2.75, 3.05) is 5.32 Å². The number of carbonyl (C=O) groups excluding carboxylic acids is 1. The second-order valence-electron chi connectivity index (χ2n) is 10.2. The van der Waals surface area contributed by atoms with Gasteiger partial charge in [0.05, 0.1) is 23.1 Å². The van der Waals surface area contributed by atoms with Crippen LogP contribution in [-0.2, 0) is 0 Å². The summed E-state index contributed by atoms with van der Waals surface area (Å²) in [5, 5.41) is 6.60. The Bertz CT molecular complexity index is 1500. The highest BCUT2D eigenvalue weighted by molar-refractivity contribution is 6.03. The fourth-order valence-corrected chi connectivity index (χ4v) is 5.55. The molecule has 1 aliphatic rings. The Morgan fingerprint density at radius 2 is 1.77 bits per heavy atom. The molecule has 1 saturated carbocycles. The lowest BCUT2D eigenvalue weighted by Crippen LogP contribution is -2.31. The van der Waals surface area contributed by atoms with E-state index in [4.69, 9.17) is 10.3 Å². The van der Waals surface area contributed by atoms with Crippen molar-refractivity contribution in [1.29, 1.82) is 0 Å². The minimum Gasteiger partial charge on any atom is -0.361 e. The Morgan fingerprint density at radius 3 is 2.44 bits per heavy atom. The highest BCUT2D eigenvalue weighted by atomic mass is 19.1. The van der Waals surface area contributed by atoms with Gasteiger partial charge in [-0.1, -0.05) is 12.1 Å². The molecule has 0 radical (unpaired) electrons. The first kappa shape index (κ1) is 26.6. The van der Waals surface area contributed by atoms with Crippen LogP contribution in [-0.4, -0.2) is 27.1 Å². The first-order valence-corrected chi connectivity index (χ1v) is 12.7. The van der Waals surface area contributed by atoms with Gasteiger partial charge in [-0.25, -0.2) is 18.2 Å². The van der Waals surface area contributed by atoms with E-state index >= 15 is 8.78 Å². The van der Waals surface area contributed by atoms with E-state index < -0.39 is 34.6 Å². The van der Waals surface area contributed by atoms with Crippen LogP contribution in [0.4, 0.5) is 18.9 Å². The van der Waals surface area contributed by atoms with E-state index in [-0.39, 0.29) is 23.2 Å². The number of nitrogens with two attached hydrogens (primary N) is 1. The second kappa shape index (κ2) is 10.6. The molecule has 1 aromatic carbocycles. The van der Waals surface area contributed by atoms with Crippen LogP contribution in [0, 0.1) is 37.2 Å². The topological polar surface area (TPSA) is 107 Å². The molecule has 10 heteroatoms. The van der Waals surface area contributed by atoms with Gasteiger partial charge in [-0.2, -0.15) is 0 Å². The van der Waals surface area contributed by atoms with Gasteiger partial charge < -0.3 is 15.6 Å². The number of pyridine rings is 2. The molecule has 5 rings (SSSR count). The van der Waals surface area contributed by atoms with E-state index in [2.05, 4.69) is 27.4 Å². The number of benzene rings is 1. The zero-order valence-electron chi connectivity index (χ0n) is 21.8. The van der Waals surface area contributed by atoms with Crippen LogP contribution in [0.5, 0.6) is 0 Å². The van der Waals surface area contributed by atoms with Gasteiger partial charge >= 0.3 is 0 Å². The number of aromatic nitrogens is 3. The van der Waals surface area contributed by atoms with Crippen LogP contribution < -0.4 is 11.1 Å². The number of nitrogens with zero attached hydrogens (tertiary/aromatic N) is 3. The van der Waals surface area contributed by atoms with Gasteiger partial charge in [0.15, 0.2) is 0 Å². The molecular formula is C29H28F3N5O2. The van der Waals surface area contributed by atoms with Crippen molar-refractivity contribution < 1.29 is 22.5 Å². The number of rotatable bonds is 5. The quantitative estimate of drug-likeness (QED) is 0.310. The fourth-order valence-electron chi connectivity index (χ4n) is 5.55. The fraction of sp³-hybridized carbons (Fsp3) is 0.310. The summed E-state index contributed by atoms with van der Waals surface area (Å²) in [5.41, 5.74) is 7.24. The third-order valence-electron chi connectivity index (χ3n) is 7.20. The molecule has 0 unspecified atom stereocenters. The largest absolute Gasteiger partial charge is 0.361 e. The molecule has 3 atom stereocenters. The lowest BCUT2D eigenvalue weighted by atomic mass is 9.76. The second-order valence-corrected chi connectivity index (χ2v) is 10.2. The van der Waals surface area contributed by atoms with Crippen LogP contribution in [0.15, 0.2) is 47.2 Å². The van der Waals surface area contributed by atoms with E-state index in [1.54, 1.807) is 20.0 Å². The maximum Gasteiger partial charge on any atom is 0.274 e. The van der Waals surface area contributed by atoms with E-state index in [0.717, 1.165) is 49.1 Å². The van der Waals surface area contributed by atoms with E-state index in [0.29, 0.717) is 28.6 Å². The Balaban J connectivity index is 1.46. The van der Waals surface area contributed by atoms with Crippen LogP contribution >= 0.6 is 0 Å². The lowest BCUT2D eigenvalue weighted by molar-refractivity contribution is 0.102. The van der Waals surface area contributed by atoms with Gasteiger partial charge in [-0.3, -0.25) is 9.78 Å². The molecule has 1 amide bonds. The third kappa shape index (κ3) is 5.29. The van der Waals surface area contributed by atoms with E-state index in [1.807, 2.05) is 6.07 Å². The van der Waals surface area contributed by atoms with Crippen LogP contribution in [0.1, 0.15) is 59.6 Å². The normalized spacial score (nSPS) is 19.2. The molecular weight excluding hydrogens is 507 g/mol. The molecule has 202 valence electrons. The zero-order valence-corrected chi connectivity index (χ0v) is 21.8. The number of anilines is 1. The third-order valence-corrected chi connectivity index (χ3v) is 7.20. The summed E-state index contributed by atoms with van der Waals surface area (Å²) in [4.78, 5) is 21.3. The Labute approximate surface area is 223 Å². The summed E-state index contributed by atoms with van der Waals surface area (Å²) in [7, 11) is 0. The number of nitrogens with one attached hydrogen (secondary N) is 1. The summed E-state index contributed by atoms with van der Waals surface area (Å²) < 4.78 is 50.3. The maximum atomic E-state index is 15.2. The molecule has 0 bridgehead atoms. The first-order valence-electron chi connectivity index (χ1n) is 12.7. The Hall–Kier alpha value is -4.05. The SMILES string of the molecule is Cc1noc(C)c1-c1cc(F)c(-c2nc(C(=O)Nc3cnccc3[C@@H]3C[C@H](C)C[C@@H](N)C3)ccc2F)c(F)c1. The number of halogens is 3. The van der Waals surface area contributed by atoms with Crippen LogP contribution in [0.3, 0.4) is 0 Å². The van der Waals surface area contributed by atoms with Crippen molar-refractivity contribution in [2.24, 2.45) is 11.7 Å². The smallest absolute Gasteiger partial charge is 0.274 e. The molecule has 0 aliphatic heterocycles. The minimum absolute atomic E-state index is 0.0607. The van der Waals surface area contributed by atoms with Gasteiger partial charge in [0.25, 0.3) is 5.91 Å². The zero-order chi connectivity index (χ0) is 27.8. The van der Waals surface area contributed by atoms with Gasteiger partial charge in [0, 0.05) is 17.8 Å².